The Morgan fingerprint density at radius 1 is 1.35 bits per heavy atom. The SMILES string of the molecule is CCOC1CC(O)C12CCN(CCCO)CC2. The second-order valence-corrected chi connectivity index (χ2v) is 5.35. The van der Waals surface area contributed by atoms with Crippen molar-refractivity contribution in [2.75, 3.05) is 32.8 Å². The Labute approximate surface area is 104 Å². The molecule has 2 unspecified atom stereocenters. The summed E-state index contributed by atoms with van der Waals surface area (Å²) in [4.78, 5) is 2.38. The third kappa shape index (κ3) is 2.50. The highest BCUT2D eigenvalue weighted by Gasteiger charge is 2.55. The van der Waals surface area contributed by atoms with E-state index in [1.165, 1.54) is 0 Å². The molecular weight excluding hydrogens is 218 g/mol. The van der Waals surface area contributed by atoms with E-state index in [4.69, 9.17) is 9.84 Å². The van der Waals surface area contributed by atoms with Gasteiger partial charge in [0.1, 0.15) is 0 Å². The minimum atomic E-state index is -0.168. The van der Waals surface area contributed by atoms with Crippen LogP contribution in [0.1, 0.15) is 32.6 Å². The summed E-state index contributed by atoms with van der Waals surface area (Å²) >= 11 is 0. The van der Waals surface area contributed by atoms with Gasteiger partial charge < -0.3 is 19.8 Å². The number of nitrogens with zero attached hydrogens (tertiary/aromatic N) is 1. The average molecular weight is 243 g/mol. The largest absolute Gasteiger partial charge is 0.396 e. The van der Waals surface area contributed by atoms with E-state index < -0.39 is 0 Å². The Morgan fingerprint density at radius 3 is 2.59 bits per heavy atom. The summed E-state index contributed by atoms with van der Waals surface area (Å²) in [5, 5.41) is 18.9. The van der Waals surface area contributed by atoms with Crippen molar-refractivity contribution in [1.82, 2.24) is 4.90 Å². The number of rotatable bonds is 5. The van der Waals surface area contributed by atoms with Crippen LogP contribution in [0.4, 0.5) is 0 Å². The number of hydrogen-bond donors (Lipinski definition) is 2. The van der Waals surface area contributed by atoms with Crippen LogP contribution < -0.4 is 0 Å². The van der Waals surface area contributed by atoms with Gasteiger partial charge in [0.05, 0.1) is 12.2 Å². The minimum absolute atomic E-state index is 0.0335. The van der Waals surface area contributed by atoms with Gasteiger partial charge in [-0.15, -0.1) is 0 Å². The lowest BCUT2D eigenvalue weighted by atomic mass is 9.58. The fourth-order valence-corrected chi connectivity index (χ4v) is 3.30. The maximum Gasteiger partial charge on any atom is 0.0681 e. The lowest BCUT2D eigenvalue weighted by Crippen LogP contribution is -2.62. The average Bonchev–Trinajstić information content (AvgIpc) is 2.37. The zero-order chi connectivity index (χ0) is 12.3. The second kappa shape index (κ2) is 5.65. The summed E-state index contributed by atoms with van der Waals surface area (Å²) in [6.45, 7) is 6.07. The Hall–Kier alpha value is -0.160. The molecule has 0 aromatic heterocycles. The Morgan fingerprint density at radius 2 is 2.06 bits per heavy atom. The molecule has 2 atom stereocenters. The van der Waals surface area contributed by atoms with Crippen LogP contribution in [0, 0.1) is 5.41 Å². The van der Waals surface area contributed by atoms with E-state index in [0.29, 0.717) is 0 Å². The van der Waals surface area contributed by atoms with Gasteiger partial charge in [0, 0.05) is 31.6 Å². The van der Waals surface area contributed by atoms with E-state index in [9.17, 15) is 5.11 Å². The van der Waals surface area contributed by atoms with Crippen molar-refractivity contribution in [3.8, 4) is 0 Å². The van der Waals surface area contributed by atoms with Crippen LogP contribution in [0.2, 0.25) is 0 Å². The summed E-state index contributed by atoms with van der Waals surface area (Å²) in [5.41, 5.74) is 0.0335. The first-order chi connectivity index (χ1) is 8.23. The highest BCUT2D eigenvalue weighted by molar-refractivity contribution is 5.06. The fraction of sp³-hybridized carbons (Fsp3) is 1.00. The zero-order valence-corrected chi connectivity index (χ0v) is 10.8. The topological polar surface area (TPSA) is 52.9 Å². The van der Waals surface area contributed by atoms with Gasteiger partial charge in [-0.2, -0.15) is 0 Å². The molecule has 2 aliphatic rings. The number of aliphatic hydroxyl groups is 2. The molecule has 1 aliphatic heterocycles. The molecule has 4 heteroatoms. The molecule has 1 saturated carbocycles. The zero-order valence-electron chi connectivity index (χ0n) is 10.8. The van der Waals surface area contributed by atoms with E-state index in [2.05, 4.69) is 4.90 Å². The van der Waals surface area contributed by atoms with Crippen molar-refractivity contribution in [3.63, 3.8) is 0 Å². The number of likely N-dealkylation sites (tertiary alicyclic amines) is 1. The molecule has 1 spiro atoms. The van der Waals surface area contributed by atoms with Crippen molar-refractivity contribution in [1.29, 1.82) is 0 Å². The summed E-state index contributed by atoms with van der Waals surface area (Å²) in [7, 11) is 0. The predicted octanol–water partition coefficient (Wildman–Crippen LogP) is 0.621. The molecule has 0 amide bonds. The van der Waals surface area contributed by atoms with Crippen LogP contribution in [0.5, 0.6) is 0 Å². The van der Waals surface area contributed by atoms with Crippen molar-refractivity contribution in [3.05, 3.63) is 0 Å². The van der Waals surface area contributed by atoms with Gasteiger partial charge in [-0.05, 0) is 39.3 Å². The molecule has 0 aromatic carbocycles. The fourth-order valence-electron chi connectivity index (χ4n) is 3.30. The quantitative estimate of drug-likeness (QED) is 0.743. The predicted molar refractivity (Wildman–Crippen MR) is 65.8 cm³/mol. The smallest absolute Gasteiger partial charge is 0.0681 e. The van der Waals surface area contributed by atoms with Crippen molar-refractivity contribution < 1.29 is 14.9 Å². The molecule has 0 aromatic rings. The van der Waals surface area contributed by atoms with Crippen molar-refractivity contribution >= 4 is 0 Å². The van der Waals surface area contributed by atoms with Crippen LogP contribution in [0.25, 0.3) is 0 Å². The molecular formula is C13H25NO3. The Balaban J connectivity index is 1.83. The second-order valence-electron chi connectivity index (χ2n) is 5.35. The highest BCUT2D eigenvalue weighted by atomic mass is 16.5. The van der Waals surface area contributed by atoms with Gasteiger partial charge in [0.2, 0.25) is 0 Å². The van der Waals surface area contributed by atoms with Crippen LogP contribution in [-0.4, -0.2) is 60.2 Å². The van der Waals surface area contributed by atoms with Crippen molar-refractivity contribution in [2.45, 2.75) is 44.8 Å². The maximum absolute atomic E-state index is 10.0. The summed E-state index contributed by atoms with van der Waals surface area (Å²) < 4.78 is 5.74. The summed E-state index contributed by atoms with van der Waals surface area (Å²) in [6, 6.07) is 0. The van der Waals surface area contributed by atoms with Gasteiger partial charge in [0.15, 0.2) is 0 Å². The van der Waals surface area contributed by atoms with E-state index in [1.807, 2.05) is 6.92 Å². The van der Waals surface area contributed by atoms with Crippen molar-refractivity contribution in [2.24, 2.45) is 5.41 Å². The third-order valence-corrected chi connectivity index (χ3v) is 4.53. The van der Waals surface area contributed by atoms with Gasteiger partial charge in [-0.25, -0.2) is 0 Å². The van der Waals surface area contributed by atoms with E-state index in [1.54, 1.807) is 0 Å². The molecule has 1 aliphatic carbocycles. The first kappa shape index (κ1) is 13.3. The molecule has 0 radical (unpaired) electrons. The first-order valence-electron chi connectivity index (χ1n) is 6.86. The number of piperidine rings is 1. The molecule has 2 fully saturated rings. The lowest BCUT2D eigenvalue weighted by Gasteiger charge is -2.56. The molecule has 17 heavy (non-hydrogen) atoms. The molecule has 2 rings (SSSR count). The van der Waals surface area contributed by atoms with Crippen LogP contribution in [0.15, 0.2) is 0 Å². The standard InChI is InChI=1S/C13H25NO3/c1-2-17-12-10-11(16)13(12)4-7-14(8-5-13)6-3-9-15/h11-12,15-16H,2-10H2,1H3. The van der Waals surface area contributed by atoms with Gasteiger partial charge in [-0.3, -0.25) is 0 Å². The van der Waals surface area contributed by atoms with Crippen LogP contribution >= 0.6 is 0 Å². The van der Waals surface area contributed by atoms with Gasteiger partial charge >= 0.3 is 0 Å². The van der Waals surface area contributed by atoms with E-state index in [0.717, 1.165) is 51.9 Å². The maximum atomic E-state index is 10.0. The molecule has 0 bridgehead atoms. The van der Waals surface area contributed by atoms with Crippen LogP contribution in [-0.2, 0) is 4.74 Å². The molecule has 1 saturated heterocycles. The van der Waals surface area contributed by atoms with Gasteiger partial charge in [0.25, 0.3) is 0 Å². The van der Waals surface area contributed by atoms with E-state index >= 15 is 0 Å². The normalized spacial score (nSPS) is 32.6. The first-order valence-corrected chi connectivity index (χ1v) is 6.86. The minimum Gasteiger partial charge on any atom is -0.396 e. The number of hydrogen-bond acceptors (Lipinski definition) is 4. The van der Waals surface area contributed by atoms with Gasteiger partial charge in [-0.1, -0.05) is 0 Å². The highest BCUT2D eigenvalue weighted by Crippen LogP contribution is 2.50. The third-order valence-electron chi connectivity index (χ3n) is 4.53. The summed E-state index contributed by atoms with van der Waals surface area (Å²) in [6.07, 6.45) is 3.82. The number of ether oxygens (including phenoxy) is 1. The molecule has 1 heterocycles. The molecule has 100 valence electrons. The van der Waals surface area contributed by atoms with Crippen LogP contribution in [0.3, 0.4) is 0 Å². The Bertz CT molecular complexity index is 237. The molecule has 4 nitrogen and oxygen atoms in total. The van der Waals surface area contributed by atoms with E-state index in [-0.39, 0.29) is 24.2 Å². The monoisotopic (exact) mass is 243 g/mol. The lowest BCUT2D eigenvalue weighted by molar-refractivity contribution is -0.209. The number of aliphatic hydroxyl groups excluding tert-OH is 2. The Kier molecular flexibility index (Phi) is 4.42. The summed E-state index contributed by atoms with van der Waals surface area (Å²) in [5.74, 6) is 0. The molecule has 2 N–H and O–H groups in total.